The molecule has 1 atom stereocenters. The molecule has 3 amide bonds. The average Bonchev–Trinajstić information content (AvgIpc) is 3.30. The normalized spacial score (nSPS) is 15.7. The van der Waals surface area contributed by atoms with Gasteiger partial charge in [-0.3, -0.25) is 19.3 Å². The number of nitrogens with one attached hydrogen (secondary N) is 2. The molecular weight excluding hydrogens is 510 g/mol. The average molecular weight is 540 g/mol. The Kier molecular flexibility index (Phi) is 8.17. The summed E-state index contributed by atoms with van der Waals surface area (Å²) in [4.78, 5) is 49.2. The van der Waals surface area contributed by atoms with E-state index in [0.29, 0.717) is 23.2 Å². The Labute approximate surface area is 231 Å². The lowest BCUT2D eigenvalue weighted by molar-refractivity contribution is -0.122. The third kappa shape index (κ3) is 6.26. The van der Waals surface area contributed by atoms with Crippen molar-refractivity contribution in [3.05, 3.63) is 95.6 Å². The van der Waals surface area contributed by atoms with E-state index in [1.165, 1.54) is 17.3 Å². The molecule has 2 heterocycles. The van der Waals surface area contributed by atoms with Crippen molar-refractivity contribution in [2.24, 2.45) is 9.98 Å². The highest BCUT2D eigenvalue weighted by Gasteiger charge is 2.41. The first-order valence-corrected chi connectivity index (χ1v) is 13.9. The van der Waals surface area contributed by atoms with Crippen LogP contribution in [0, 0.1) is 0 Å². The van der Waals surface area contributed by atoms with Gasteiger partial charge in [-0.25, -0.2) is 4.99 Å². The molecule has 1 unspecified atom stereocenters. The molecule has 3 aromatic carbocycles. The van der Waals surface area contributed by atoms with Gasteiger partial charge in [0.25, 0.3) is 5.91 Å². The highest BCUT2D eigenvalue weighted by molar-refractivity contribution is 8.14. The van der Waals surface area contributed by atoms with Gasteiger partial charge in [-0.1, -0.05) is 73.3 Å². The van der Waals surface area contributed by atoms with E-state index < -0.39 is 6.04 Å². The van der Waals surface area contributed by atoms with Crippen molar-refractivity contribution < 1.29 is 14.4 Å². The van der Waals surface area contributed by atoms with Crippen LogP contribution in [0.5, 0.6) is 0 Å². The number of carbonyl (C=O) groups excluding carboxylic acids is 3. The number of para-hydroxylation sites is 1. The van der Waals surface area contributed by atoms with Gasteiger partial charge in [0.15, 0.2) is 5.17 Å². The number of aliphatic imine (C=N–C) groups is 2. The zero-order valence-electron chi connectivity index (χ0n) is 21.6. The van der Waals surface area contributed by atoms with Gasteiger partial charge in [-0.05, 0) is 48.2 Å². The van der Waals surface area contributed by atoms with E-state index in [1.807, 2.05) is 78.9 Å². The van der Waals surface area contributed by atoms with E-state index in [0.717, 1.165) is 23.2 Å². The molecule has 2 aliphatic heterocycles. The number of amidine groups is 2. The molecule has 0 radical (unpaired) electrons. The Hall–Kier alpha value is -4.24. The maximum Gasteiger partial charge on any atom is 0.270 e. The van der Waals surface area contributed by atoms with Crippen molar-refractivity contribution in [3.8, 4) is 0 Å². The Bertz CT molecular complexity index is 1440. The van der Waals surface area contributed by atoms with Gasteiger partial charge in [0, 0.05) is 24.2 Å². The summed E-state index contributed by atoms with van der Waals surface area (Å²) in [6.45, 7) is 2.51. The fraction of sp³-hybridized carbons (Fsp3) is 0.233. The van der Waals surface area contributed by atoms with Gasteiger partial charge in [0.05, 0.1) is 11.4 Å². The number of rotatable bonds is 9. The van der Waals surface area contributed by atoms with E-state index in [9.17, 15) is 14.4 Å². The predicted molar refractivity (Wildman–Crippen MR) is 155 cm³/mol. The highest BCUT2D eigenvalue weighted by atomic mass is 32.2. The van der Waals surface area contributed by atoms with Gasteiger partial charge in [0.1, 0.15) is 11.9 Å². The van der Waals surface area contributed by atoms with Crippen LogP contribution in [0.3, 0.4) is 0 Å². The number of hydrogen-bond donors (Lipinski definition) is 2. The van der Waals surface area contributed by atoms with Crippen molar-refractivity contribution in [2.75, 3.05) is 11.1 Å². The number of amides is 3. The summed E-state index contributed by atoms with van der Waals surface area (Å²) in [6.07, 6.45) is 1.38. The molecule has 0 spiro atoms. The van der Waals surface area contributed by atoms with Crippen molar-refractivity contribution in [3.63, 3.8) is 0 Å². The quantitative estimate of drug-likeness (QED) is 0.411. The number of hydrogen-bond acceptors (Lipinski definition) is 6. The summed E-state index contributed by atoms with van der Waals surface area (Å²) < 4.78 is 0. The molecule has 0 bridgehead atoms. The monoisotopic (exact) mass is 539 g/mol. The first kappa shape index (κ1) is 26.4. The SMILES string of the molecule is CCc1ccc(NC(=O)CSC2=Nc3ccccc3C3=NC(=O)C(CCC(=O)NCc4ccccc4)N23)cc1. The molecule has 0 saturated heterocycles. The van der Waals surface area contributed by atoms with Gasteiger partial charge in [-0.15, -0.1) is 0 Å². The number of fused-ring (bicyclic) bond motifs is 3. The molecular formula is C30H29N5O3S. The number of aryl methyl sites for hydroxylation is 1. The van der Waals surface area contributed by atoms with Gasteiger partial charge in [0.2, 0.25) is 11.8 Å². The number of thioether (sulfide) groups is 1. The Morgan fingerprint density at radius 3 is 2.41 bits per heavy atom. The lowest BCUT2D eigenvalue weighted by atomic mass is 10.1. The zero-order chi connectivity index (χ0) is 27.2. The molecule has 3 aromatic rings. The Balaban J connectivity index is 1.26. The van der Waals surface area contributed by atoms with Crippen molar-refractivity contribution in [1.29, 1.82) is 0 Å². The molecule has 8 nitrogen and oxygen atoms in total. The fourth-order valence-corrected chi connectivity index (χ4v) is 5.33. The molecule has 0 saturated carbocycles. The molecule has 2 aliphatic rings. The lowest BCUT2D eigenvalue weighted by Gasteiger charge is -2.31. The maximum absolute atomic E-state index is 13.0. The fourth-order valence-electron chi connectivity index (χ4n) is 4.48. The smallest absolute Gasteiger partial charge is 0.270 e. The largest absolute Gasteiger partial charge is 0.352 e. The minimum atomic E-state index is -0.660. The Morgan fingerprint density at radius 1 is 0.897 bits per heavy atom. The van der Waals surface area contributed by atoms with Gasteiger partial charge < -0.3 is 10.6 Å². The minimum Gasteiger partial charge on any atom is -0.352 e. The number of benzene rings is 3. The van der Waals surface area contributed by atoms with Crippen molar-refractivity contribution >= 4 is 51.9 Å². The predicted octanol–water partition coefficient (Wildman–Crippen LogP) is 4.68. The second kappa shape index (κ2) is 12.1. The second-order valence-corrected chi connectivity index (χ2v) is 10.2. The van der Waals surface area contributed by atoms with Crippen LogP contribution in [0.25, 0.3) is 0 Å². The summed E-state index contributed by atoms with van der Waals surface area (Å²) in [7, 11) is 0. The minimum absolute atomic E-state index is 0.110. The van der Waals surface area contributed by atoms with Crippen LogP contribution in [-0.4, -0.2) is 45.4 Å². The maximum atomic E-state index is 13.0. The van der Waals surface area contributed by atoms with Crippen LogP contribution in [0.4, 0.5) is 11.4 Å². The lowest BCUT2D eigenvalue weighted by Crippen LogP contribution is -2.44. The Morgan fingerprint density at radius 2 is 1.64 bits per heavy atom. The molecule has 39 heavy (non-hydrogen) atoms. The van der Waals surface area contributed by atoms with E-state index in [2.05, 4.69) is 22.5 Å². The molecule has 198 valence electrons. The van der Waals surface area contributed by atoms with Crippen LogP contribution in [0.1, 0.15) is 36.5 Å². The van der Waals surface area contributed by atoms with Gasteiger partial charge in [-0.2, -0.15) is 4.99 Å². The third-order valence-corrected chi connectivity index (χ3v) is 7.52. The summed E-state index contributed by atoms with van der Waals surface area (Å²) in [5, 5.41) is 6.35. The number of anilines is 1. The van der Waals surface area contributed by atoms with Crippen LogP contribution in [-0.2, 0) is 27.3 Å². The van der Waals surface area contributed by atoms with Crippen LogP contribution >= 0.6 is 11.8 Å². The van der Waals surface area contributed by atoms with Crippen molar-refractivity contribution in [1.82, 2.24) is 10.2 Å². The van der Waals surface area contributed by atoms with Crippen LogP contribution < -0.4 is 10.6 Å². The summed E-state index contributed by atoms with van der Waals surface area (Å²) in [5.74, 6) is -0.00726. The van der Waals surface area contributed by atoms with Crippen LogP contribution in [0.15, 0.2) is 88.8 Å². The first-order chi connectivity index (χ1) is 19.0. The van der Waals surface area contributed by atoms with Crippen molar-refractivity contribution in [2.45, 2.75) is 38.8 Å². The molecule has 2 N–H and O–H groups in total. The standard InChI is InChI=1S/C30H29N5O3S/c1-2-20-12-14-22(15-13-20)32-27(37)19-39-30-33-24-11-7-6-10-23(24)28-34-29(38)25(35(28)30)16-17-26(36)31-18-21-8-4-3-5-9-21/h3-15,25H,2,16-19H2,1H3,(H,31,36)(H,32,37). The van der Waals surface area contributed by atoms with Gasteiger partial charge >= 0.3 is 0 Å². The summed E-state index contributed by atoms with van der Waals surface area (Å²) in [6, 6.07) is 24.2. The highest BCUT2D eigenvalue weighted by Crippen LogP contribution is 2.35. The van der Waals surface area contributed by atoms with E-state index in [4.69, 9.17) is 4.99 Å². The molecule has 9 heteroatoms. The third-order valence-electron chi connectivity index (χ3n) is 6.56. The summed E-state index contributed by atoms with van der Waals surface area (Å²) in [5.41, 5.74) is 4.38. The molecule has 5 rings (SSSR count). The molecule has 0 aromatic heterocycles. The molecule has 0 fully saturated rings. The van der Waals surface area contributed by atoms with E-state index in [1.54, 1.807) is 4.90 Å². The number of carbonyl (C=O) groups is 3. The topological polar surface area (TPSA) is 103 Å². The number of nitrogens with zero attached hydrogens (tertiary/aromatic N) is 3. The van der Waals surface area contributed by atoms with E-state index in [-0.39, 0.29) is 36.3 Å². The zero-order valence-corrected chi connectivity index (χ0v) is 22.4. The second-order valence-electron chi connectivity index (χ2n) is 9.26. The van der Waals surface area contributed by atoms with Crippen LogP contribution in [0.2, 0.25) is 0 Å². The first-order valence-electron chi connectivity index (χ1n) is 12.9. The van der Waals surface area contributed by atoms with E-state index >= 15 is 0 Å². The summed E-state index contributed by atoms with van der Waals surface area (Å²) >= 11 is 1.25. The molecule has 0 aliphatic carbocycles.